The summed E-state index contributed by atoms with van der Waals surface area (Å²) in [6.45, 7) is 3.67. The summed E-state index contributed by atoms with van der Waals surface area (Å²) in [6, 6.07) is 0. The molecule has 2 unspecified atom stereocenters. The predicted molar refractivity (Wildman–Crippen MR) is 55.1 cm³/mol. The number of aromatic nitrogens is 2. The lowest BCUT2D eigenvalue weighted by molar-refractivity contribution is 0.167. The van der Waals surface area contributed by atoms with Crippen LogP contribution in [0.25, 0.3) is 0 Å². The molecule has 0 spiro atoms. The molecule has 2 bridgehead atoms. The van der Waals surface area contributed by atoms with Gasteiger partial charge in [0.15, 0.2) is 0 Å². The molecule has 2 aliphatic heterocycles. The van der Waals surface area contributed by atoms with Crippen LogP contribution >= 0.6 is 0 Å². The summed E-state index contributed by atoms with van der Waals surface area (Å²) in [4.78, 5) is 6.63. The number of piperidine rings is 1. The van der Waals surface area contributed by atoms with E-state index in [1.807, 2.05) is 0 Å². The van der Waals surface area contributed by atoms with E-state index in [0.717, 1.165) is 6.42 Å². The fraction of sp³-hybridized carbons (Fsp3) is 0.800. The molecule has 82 valence electrons. The Bertz CT molecular complexity index is 360. The summed E-state index contributed by atoms with van der Waals surface area (Å²) in [5.41, 5.74) is 5.84. The number of fused-ring (bicyclic) bond motifs is 2. The SMILES string of the molecule is Nc1noc(CC23CCCN(CC2)C3)n1. The molecule has 1 aromatic heterocycles. The van der Waals surface area contributed by atoms with Crippen molar-refractivity contribution in [3.63, 3.8) is 0 Å². The highest BCUT2D eigenvalue weighted by Gasteiger charge is 2.41. The fourth-order valence-electron chi connectivity index (χ4n) is 2.99. The molecule has 3 heterocycles. The van der Waals surface area contributed by atoms with Crippen molar-refractivity contribution in [3.05, 3.63) is 5.89 Å². The van der Waals surface area contributed by atoms with Crippen molar-refractivity contribution in [3.8, 4) is 0 Å². The third kappa shape index (κ3) is 1.61. The van der Waals surface area contributed by atoms with Crippen molar-refractivity contribution in [1.29, 1.82) is 0 Å². The number of rotatable bonds is 2. The Kier molecular flexibility index (Phi) is 1.95. The van der Waals surface area contributed by atoms with Crippen molar-refractivity contribution in [2.45, 2.75) is 25.7 Å². The van der Waals surface area contributed by atoms with Crippen LogP contribution in [0.4, 0.5) is 5.95 Å². The van der Waals surface area contributed by atoms with E-state index in [-0.39, 0.29) is 5.95 Å². The summed E-state index contributed by atoms with van der Waals surface area (Å²) >= 11 is 0. The van der Waals surface area contributed by atoms with Crippen LogP contribution in [-0.4, -0.2) is 34.7 Å². The maximum Gasteiger partial charge on any atom is 0.260 e. The van der Waals surface area contributed by atoms with Gasteiger partial charge < -0.3 is 15.2 Å². The van der Waals surface area contributed by atoms with Crippen LogP contribution in [0, 0.1) is 5.41 Å². The molecule has 2 atom stereocenters. The summed E-state index contributed by atoms with van der Waals surface area (Å²) in [6.07, 6.45) is 4.73. The average molecular weight is 208 g/mol. The van der Waals surface area contributed by atoms with Crippen LogP contribution in [0.5, 0.6) is 0 Å². The predicted octanol–water partition coefficient (Wildman–Crippen LogP) is 0.680. The first-order chi connectivity index (χ1) is 7.26. The Hall–Kier alpha value is -1.10. The molecule has 2 fully saturated rings. The second-order valence-electron chi connectivity index (χ2n) is 4.85. The molecule has 0 radical (unpaired) electrons. The molecule has 0 amide bonds. The number of hydrogen-bond donors (Lipinski definition) is 1. The van der Waals surface area contributed by atoms with Crippen molar-refractivity contribution in [2.75, 3.05) is 25.4 Å². The molecule has 5 nitrogen and oxygen atoms in total. The number of nitrogens with zero attached hydrogens (tertiary/aromatic N) is 3. The summed E-state index contributed by atoms with van der Waals surface area (Å²) in [5.74, 6) is 0.961. The smallest absolute Gasteiger partial charge is 0.260 e. The fourth-order valence-corrected chi connectivity index (χ4v) is 2.99. The lowest BCUT2D eigenvalue weighted by Gasteiger charge is -2.32. The standard InChI is InChI=1S/C10H16N4O/c11-9-12-8(15-13-9)6-10-2-1-4-14(7-10)5-3-10/h1-7H2,(H2,11,13). The van der Waals surface area contributed by atoms with E-state index in [0.29, 0.717) is 11.3 Å². The number of hydrogen-bond acceptors (Lipinski definition) is 5. The topological polar surface area (TPSA) is 68.2 Å². The van der Waals surface area contributed by atoms with E-state index < -0.39 is 0 Å². The van der Waals surface area contributed by atoms with E-state index in [4.69, 9.17) is 10.3 Å². The zero-order chi connectivity index (χ0) is 10.3. The lowest BCUT2D eigenvalue weighted by atomic mass is 9.78. The van der Waals surface area contributed by atoms with Crippen LogP contribution in [0.15, 0.2) is 4.52 Å². The van der Waals surface area contributed by atoms with Gasteiger partial charge >= 0.3 is 0 Å². The monoisotopic (exact) mass is 208 g/mol. The van der Waals surface area contributed by atoms with Gasteiger partial charge in [0.1, 0.15) is 0 Å². The zero-order valence-electron chi connectivity index (χ0n) is 8.78. The molecular formula is C10H16N4O. The minimum absolute atomic E-state index is 0.257. The van der Waals surface area contributed by atoms with Gasteiger partial charge in [-0.1, -0.05) is 0 Å². The molecule has 15 heavy (non-hydrogen) atoms. The Morgan fingerprint density at radius 2 is 2.33 bits per heavy atom. The van der Waals surface area contributed by atoms with Crippen molar-refractivity contribution < 1.29 is 4.52 Å². The molecule has 2 saturated heterocycles. The Morgan fingerprint density at radius 3 is 3.13 bits per heavy atom. The van der Waals surface area contributed by atoms with Gasteiger partial charge in [-0.2, -0.15) is 4.98 Å². The van der Waals surface area contributed by atoms with Gasteiger partial charge in [-0.3, -0.25) is 0 Å². The van der Waals surface area contributed by atoms with E-state index in [1.165, 1.54) is 38.9 Å². The van der Waals surface area contributed by atoms with Gasteiger partial charge in [-0.05, 0) is 42.9 Å². The van der Waals surface area contributed by atoms with Gasteiger partial charge in [-0.25, -0.2) is 0 Å². The van der Waals surface area contributed by atoms with Gasteiger partial charge in [0.25, 0.3) is 5.95 Å². The number of nitrogens with two attached hydrogens (primary N) is 1. The van der Waals surface area contributed by atoms with Crippen LogP contribution in [0.2, 0.25) is 0 Å². The molecule has 2 N–H and O–H groups in total. The molecule has 5 heteroatoms. The Morgan fingerprint density at radius 1 is 1.40 bits per heavy atom. The Labute approximate surface area is 88.6 Å². The van der Waals surface area contributed by atoms with E-state index in [1.54, 1.807) is 0 Å². The van der Waals surface area contributed by atoms with Gasteiger partial charge in [0.2, 0.25) is 5.89 Å². The van der Waals surface area contributed by atoms with Crippen LogP contribution in [0.1, 0.15) is 25.2 Å². The normalized spacial score (nSPS) is 34.5. The summed E-state index contributed by atoms with van der Waals surface area (Å²) < 4.78 is 5.11. The van der Waals surface area contributed by atoms with Gasteiger partial charge in [0, 0.05) is 13.0 Å². The highest BCUT2D eigenvalue weighted by molar-refractivity contribution is 5.11. The highest BCUT2D eigenvalue weighted by atomic mass is 16.5. The third-order valence-electron chi connectivity index (χ3n) is 3.71. The zero-order valence-corrected chi connectivity index (χ0v) is 8.78. The van der Waals surface area contributed by atoms with E-state index in [9.17, 15) is 0 Å². The molecule has 0 aliphatic carbocycles. The van der Waals surface area contributed by atoms with Crippen LogP contribution < -0.4 is 5.73 Å². The third-order valence-corrected chi connectivity index (χ3v) is 3.71. The van der Waals surface area contributed by atoms with Crippen LogP contribution in [0.3, 0.4) is 0 Å². The second-order valence-corrected chi connectivity index (χ2v) is 4.85. The minimum Gasteiger partial charge on any atom is -0.365 e. The lowest BCUT2D eigenvalue weighted by Crippen LogP contribution is -2.35. The molecule has 1 aromatic rings. The molecule has 2 aliphatic rings. The minimum atomic E-state index is 0.257. The average Bonchev–Trinajstić information content (AvgIpc) is 2.73. The maximum atomic E-state index is 5.45. The summed E-state index contributed by atoms with van der Waals surface area (Å²) in [7, 11) is 0. The van der Waals surface area contributed by atoms with Crippen molar-refractivity contribution in [1.82, 2.24) is 15.0 Å². The molecule has 0 aromatic carbocycles. The molecule has 0 saturated carbocycles. The first-order valence-corrected chi connectivity index (χ1v) is 5.56. The van der Waals surface area contributed by atoms with Gasteiger partial charge in [0.05, 0.1) is 0 Å². The highest BCUT2D eigenvalue weighted by Crippen LogP contribution is 2.41. The second kappa shape index (κ2) is 3.20. The van der Waals surface area contributed by atoms with Crippen LogP contribution in [-0.2, 0) is 6.42 Å². The van der Waals surface area contributed by atoms with E-state index in [2.05, 4.69) is 15.0 Å². The Balaban J connectivity index is 1.77. The van der Waals surface area contributed by atoms with Crippen molar-refractivity contribution >= 4 is 5.95 Å². The summed E-state index contributed by atoms with van der Waals surface area (Å²) in [5, 5.41) is 3.64. The first-order valence-electron chi connectivity index (χ1n) is 5.56. The largest absolute Gasteiger partial charge is 0.365 e. The molecular weight excluding hydrogens is 192 g/mol. The number of anilines is 1. The first kappa shape index (κ1) is 9.15. The maximum absolute atomic E-state index is 5.45. The van der Waals surface area contributed by atoms with Gasteiger partial charge in [-0.15, -0.1) is 0 Å². The quantitative estimate of drug-likeness (QED) is 0.774. The molecule has 3 rings (SSSR count). The van der Waals surface area contributed by atoms with E-state index >= 15 is 0 Å². The number of nitrogen functional groups attached to an aromatic ring is 1. The van der Waals surface area contributed by atoms with Crippen molar-refractivity contribution in [2.24, 2.45) is 5.41 Å².